The molecule has 0 bridgehead atoms. The summed E-state index contributed by atoms with van der Waals surface area (Å²) < 4.78 is 54.3. The lowest BCUT2D eigenvalue weighted by Gasteiger charge is -2.24. The standard InChI is InChI=1S/C12H18BrNO6S2/c1-21(15,16)19-9-7-14(8-10-20-22(2,17)18)12-5-3-11(13)4-6-12/h3-6H,7-10H2,1-2H3. The third-order valence-electron chi connectivity index (χ3n) is 2.51. The maximum Gasteiger partial charge on any atom is 0.264 e. The van der Waals surface area contributed by atoms with Crippen molar-refractivity contribution in [1.29, 1.82) is 0 Å². The van der Waals surface area contributed by atoms with Gasteiger partial charge in [-0.05, 0) is 24.3 Å². The predicted octanol–water partition coefficient (Wildman–Crippen LogP) is 1.21. The minimum Gasteiger partial charge on any atom is -0.367 e. The molecular weight excluding hydrogens is 398 g/mol. The van der Waals surface area contributed by atoms with E-state index in [4.69, 9.17) is 8.37 Å². The molecule has 0 N–H and O–H groups in total. The fourth-order valence-corrected chi connectivity index (χ4v) is 2.64. The van der Waals surface area contributed by atoms with E-state index < -0.39 is 20.2 Å². The van der Waals surface area contributed by atoms with E-state index in [1.54, 1.807) is 4.90 Å². The molecule has 22 heavy (non-hydrogen) atoms. The van der Waals surface area contributed by atoms with E-state index in [1.807, 2.05) is 24.3 Å². The molecule has 0 unspecified atom stereocenters. The number of hydrogen-bond donors (Lipinski definition) is 0. The smallest absolute Gasteiger partial charge is 0.264 e. The van der Waals surface area contributed by atoms with Gasteiger partial charge >= 0.3 is 0 Å². The van der Waals surface area contributed by atoms with Gasteiger partial charge in [0.25, 0.3) is 20.2 Å². The molecule has 7 nitrogen and oxygen atoms in total. The minimum absolute atomic E-state index is 0.0340. The van der Waals surface area contributed by atoms with Crippen molar-refractivity contribution in [3.8, 4) is 0 Å². The lowest BCUT2D eigenvalue weighted by atomic mass is 10.3. The number of hydrogen-bond acceptors (Lipinski definition) is 7. The summed E-state index contributed by atoms with van der Waals surface area (Å²) in [5.41, 5.74) is 0.803. The van der Waals surface area contributed by atoms with Crippen LogP contribution in [0.1, 0.15) is 0 Å². The molecule has 0 heterocycles. The SMILES string of the molecule is CS(=O)(=O)OCCN(CCOS(C)(=O)=O)c1ccc(Br)cc1. The van der Waals surface area contributed by atoms with Gasteiger partial charge in [-0.15, -0.1) is 0 Å². The van der Waals surface area contributed by atoms with Gasteiger partial charge in [-0.25, -0.2) is 0 Å². The van der Waals surface area contributed by atoms with E-state index >= 15 is 0 Å². The van der Waals surface area contributed by atoms with Gasteiger partial charge in [0.1, 0.15) is 0 Å². The highest BCUT2D eigenvalue weighted by Crippen LogP contribution is 2.18. The van der Waals surface area contributed by atoms with Crippen molar-refractivity contribution >= 4 is 41.9 Å². The number of halogens is 1. The maximum atomic E-state index is 11.0. The van der Waals surface area contributed by atoms with Gasteiger partial charge in [0, 0.05) is 23.2 Å². The Labute approximate surface area is 139 Å². The van der Waals surface area contributed by atoms with E-state index in [-0.39, 0.29) is 26.3 Å². The number of nitrogens with zero attached hydrogens (tertiary/aromatic N) is 1. The van der Waals surface area contributed by atoms with Crippen LogP contribution in [0.3, 0.4) is 0 Å². The van der Waals surface area contributed by atoms with E-state index in [9.17, 15) is 16.8 Å². The Kier molecular flexibility index (Phi) is 7.26. The Morgan fingerprint density at radius 1 is 0.909 bits per heavy atom. The van der Waals surface area contributed by atoms with Gasteiger partial charge in [-0.1, -0.05) is 15.9 Å². The van der Waals surface area contributed by atoms with E-state index in [0.29, 0.717) is 0 Å². The third kappa shape index (κ3) is 8.69. The Balaban J connectivity index is 2.69. The van der Waals surface area contributed by atoms with Gasteiger partial charge in [0.15, 0.2) is 0 Å². The number of benzene rings is 1. The second-order valence-electron chi connectivity index (χ2n) is 4.52. The normalized spacial score (nSPS) is 12.3. The van der Waals surface area contributed by atoms with E-state index in [2.05, 4.69) is 15.9 Å². The Morgan fingerprint density at radius 2 is 1.32 bits per heavy atom. The summed E-state index contributed by atoms with van der Waals surface area (Å²) >= 11 is 3.33. The van der Waals surface area contributed by atoms with Crippen molar-refractivity contribution < 1.29 is 25.2 Å². The van der Waals surface area contributed by atoms with Crippen molar-refractivity contribution in [1.82, 2.24) is 0 Å². The molecule has 0 saturated carbocycles. The predicted molar refractivity (Wildman–Crippen MR) is 87.9 cm³/mol. The highest BCUT2D eigenvalue weighted by atomic mass is 79.9. The summed E-state index contributed by atoms with van der Waals surface area (Å²) in [6, 6.07) is 7.31. The molecule has 0 amide bonds. The minimum atomic E-state index is -3.51. The van der Waals surface area contributed by atoms with Crippen LogP contribution in [-0.4, -0.2) is 55.7 Å². The molecule has 0 radical (unpaired) electrons. The monoisotopic (exact) mass is 415 g/mol. The molecule has 0 aliphatic heterocycles. The molecule has 0 aromatic heterocycles. The zero-order chi connectivity index (χ0) is 16.8. The van der Waals surface area contributed by atoms with E-state index in [0.717, 1.165) is 22.7 Å². The summed E-state index contributed by atoms with van der Waals surface area (Å²) in [7, 11) is -7.03. The van der Waals surface area contributed by atoms with Gasteiger partial charge in [0.2, 0.25) is 0 Å². The van der Waals surface area contributed by atoms with Crippen LogP contribution in [0.2, 0.25) is 0 Å². The van der Waals surface area contributed by atoms with Crippen LogP contribution in [0.5, 0.6) is 0 Å². The molecule has 0 spiro atoms. The molecule has 0 aliphatic rings. The van der Waals surface area contributed by atoms with E-state index in [1.165, 1.54) is 0 Å². The molecular formula is C12H18BrNO6S2. The maximum absolute atomic E-state index is 11.0. The number of rotatable bonds is 9. The van der Waals surface area contributed by atoms with Crippen molar-refractivity contribution in [3.05, 3.63) is 28.7 Å². The first-order chi connectivity index (χ1) is 10.1. The molecule has 0 atom stereocenters. The summed E-state index contributed by atoms with van der Waals surface area (Å²) in [5.74, 6) is 0. The summed E-state index contributed by atoms with van der Waals surface area (Å²) in [4.78, 5) is 1.78. The summed E-state index contributed by atoms with van der Waals surface area (Å²) in [5, 5.41) is 0. The van der Waals surface area contributed by atoms with Crippen LogP contribution in [0.15, 0.2) is 28.7 Å². The Morgan fingerprint density at radius 3 is 1.68 bits per heavy atom. The lowest BCUT2D eigenvalue weighted by molar-refractivity contribution is 0.309. The van der Waals surface area contributed by atoms with Crippen LogP contribution < -0.4 is 4.90 Å². The van der Waals surface area contributed by atoms with Crippen molar-refractivity contribution in [2.45, 2.75) is 0 Å². The average Bonchev–Trinajstić information content (AvgIpc) is 2.35. The van der Waals surface area contributed by atoms with Crippen LogP contribution in [0.25, 0.3) is 0 Å². The molecule has 0 fully saturated rings. The zero-order valence-electron chi connectivity index (χ0n) is 12.2. The molecule has 0 aliphatic carbocycles. The molecule has 1 aromatic rings. The van der Waals surface area contributed by atoms with Gasteiger partial charge < -0.3 is 4.90 Å². The van der Waals surface area contributed by atoms with Crippen LogP contribution in [0, 0.1) is 0 Å². The average molecular weight is 416 g/mol. The van der Waals surface area contributed by atoms with Gasteiger partial charge in [0.05, 0.1) is 25.7 Å². The first kappa shape index (κ1) is 19.4. The van der Waals surface area contributed by atoms with Crippen molar-refractivity contribution in [2.75, 3.05) is 43.7 Å². The Bertz CT molecular complexity index is 634. The third-order valence-corrected chi connectivity index (χ3v) is 4.23. The largest absolute Gasteiger partial charge is 0.367 e. The fourth-order valence-electron chi connectivity index (χ4n) is 1.62. The van der Waals surface area contributed by atoms with Crippen molar-refractivity contribution in [3.63, 3.8) is 0 Å². The molecule has 1 rings (SSSR count). The highest BCUT2D eigenvalue weighted by Gasteiger charge is 2.10. The molecule has 10 heteroatoms. The summed E-state index contributed by atoms with van der Waals surface area (Å²) in [6.45, 7) is 0.491. The lowest BCUT2D eigenvalue weighted by Crippen LogP contribution is -2.32. The zero-order valence-corrected chi connectivity index (χ0v) is 15.4. The first-order valence-electron chi connectivity index (χ1n) is 6.26. The van der Waals surface area contributed by atoms with Crippen molar-refractivity contribution in [2.24, 2.45) is 0 Å². The number of anilines is 1. The van der Waals surface area contributed by atoms with Crippen LogP contribution >= 0.6 is 15.9 Å². The molecule has 126 valence electrons. The first-order valence-corrected chi connectivity index (χ1v) is 10.7. The molecule has 0 saturated heterocycles. The highest BCUT2D eigenvalue weighted by molar-refractivity contribution is 9.10. The second kappa shape index (κ2) is 8.25. The van der Waals surface area contributed by atoms with Crippen LogP contribution in [-0.2, 0) is 28.6 Å². The van der Waals surface area contributed by atoms with Gasteiger partial charge in [-0.3, -0.25) is 8.37 Å². The van der Waals surface area contributed by atoms with Crippen LogP contribution in [0.4, 0.5) is 5.69 Å². The quantitative estimate of drug-likeness (QED) is 0.559. The topological polar surface area (TPSA) is 90.0 Å². The Hall–Kier alpha value is -0.680. The summed E-state index contributed by atoms with van der Waals surface area (Å²) in [6.07, 6.45) is 1.95. The molecule has 1 aromatic carbocycles. The second-order valence-corrected chi connectivity index (χ2v) is 8.72. The van der Waals surface area contributed by atoms with Gasteiger partial charge in [-0.2, -0.15) is 16.8 Å². The fraction of sp³-hybridized carbons (Fsp3) is 0.500.